The number of fused-ring (bicyclic) bond motifs is 1. The normalized spacial score (nSPS) is 20.5. The topological polar surface area (TPSA) is 94.2 Å². The van der Waals surface area contributed by atoms with Crippen molar-refractivity contribution in [2.24, 2.45) is 0 Å². The van der Waals surface area contributed by atoms with Gasteiger partial charge in [-0.1, -0.05) is 6.92 Å². The van der Waals surface area contributed by atoms with Crippen LogP contribution in [0, 0.1) is 0 Å². The largest absolute Gasteiger partial charge is 0.497 e. The minimum Gasteiger partial charge on any atom is -0.497 e. The fraction of sp³-hybridized carbons (Fsp3) is 0.450. The lowest BCUT2D eigenvalue weighted by Crippen LogP contribution is -2.70. The Morgan fingerprint density at radius 1 is 1.24 bits per heavy atom. The maximum absolute atomic E-state index is 12.6. The van der Waals surface area contributed by atoms with Crippen molar-refractivity contribution in [3.8, 4) is 11.5 Å². The Labute approximate surface area is 173 Å². The van der Waals surface area contributed by atoms with Gasteiger partial charge in [-0.3, -0.25) is 14.5 Å². The number of nitrogens with one attached hydrogen (secondary N) is 1. The first-order chi connectivity index (χ1) is 14.0. The van der Waals surface area contributed by atoms with Crippen molar-refractivity contribution in [1.29, 1.82) is 0 Å². The molecule has 1 aromatic rings. The Bertz CT molecular complexity index is 823. The Morgan fingerprint density at radius 3 is 2.59 bits per heavy atom. The van der Waals surface area contributed by atoms with Crippen LogP contribution in [-0.2, 0) is 19.1 Å². The standard InChI is InChI=1S/C20H24N2O6S/c1-4-9-27-20(25)17-12(2)11-29-19-16(18(24)22(17)19)21-15(23)10-28-14-7-5-13(26-3)6-8-14/h5-8,16,19H,4,9-11H2,1-3H3,(H,21,23)/t16-,19-/m1/s1. The molecule has 9 heteroatoms. The van der Waals surface area contributed by atoms with E-state index in [2.05, 4.69) is 5.32 Å². The van der Waals surface area contributed by atoms with Gasteiger partial charge in [-0.2, -0.15) is 0 Å². The van der Waals surface area contributed by atoms with Crippen LogP contribution in [0.2, 0.25) is 0 Å². The van der Waals surface area contributed by atoms with Crippen LogP contribution in [-0.4, -0.2) is 60.2 Å². The smallest absolute Gasteiger partial charge is 0.355 e. The van der Waals surface area contributed by atoms with Gasteiger partial charge in [0.2, 0.25) is 0 Å². The number of thioether (sulfide) groups is 1. The van der Waals surface area contributed by atoms with E-state index in [1.54, 1.807) is 31.4 Å². The summed E-state index contributed by atoms with van der Waals surface area (Å²) >= 11 is 1.51. The zero-order valence-electron chi connectivity index (χ0n) is 16.6. The van der Waals surface area contributed by atoms with Gasteiger partial charge >= 0.3 is 5.97 Å². The molecule has 2 aliphatic heterocycles. The number of amides is 2. The number of hydrogen-bond donors (Lipinski definition) is 1. The van der Waals surface area contributed by atoms with Crippen molar-refractivity contribution in [2.75, 3.05) is 26.1 Å². The van der Waals surface area contributed by atoms with Gasteiger partial charge in [0.15, 0.2) is 6.61 Å². The molecule has 0 bridgehead atoms. The molecule has 2 atom stereocenters. The molecule has 0 unspecified atom stereocenters. The van der Waals surface area contributed by atoms with Crippen LogP contribution in [0.1, 0.15) is 20.3 Å². The molecule has 29 heavy (non-hydrogen) atoms. The van der Waals surface area contributed by atoms with Crippen molar-refractivity contribution in [3.05, 3.63) is 35.5 Å². The maximum atomic E-state index is 12.6. The van der Waals surface area contributed by atoms with E-state index < -0.39 is 17.9 Å². The highest BCUT2D eigenvalue weighted by Crippen LogP contribution is 2.40. The van der Waals surface area contributed by atoms with Crippen LogP contribution in [0.5, 0.6) is 11.5 Å². The first-order valence-corrected chi connectivity index (χ1v) is 10.4. The summed E-state index contributed by atoms with van der Waals surface area (Å²) in [6.45, 7) is 3.81. The summed E-state index contributed by atoms with van der Waals surface area (Å²) in [7, 11) is 1.57. The summed E-state index contributed by atoms with van der Waals surface area (Å²) in [6.07, 6.45) is 0.705. The average Bonchev–Trinajstić information content (AvgIpc) is 2.74. The van der Waals surface area contributed by atoms with Gasteiger partial charge in [0.1, 0.15) is 28.6 Å². The van der Waals surface area contributed by atoms with Crippen molar-refractivity contribution >= 4 is 29.5 Å². The molecular formula is C20H24N2O6S. The molecule has 0 saturated carbocycles. The van der Waals surface area contributed by atoms with E-state index in [-0.39, 0.29) is 17.9 Å². The van der Waals surface area contributed by atoms with E-state index >= 15 is 0 Å². The van der Waals surface area contributed by atoms with Crippen LogP contribution in [0.15, 0.2) is 35.5 Å². The second-order valence-electron chi connectivity index (χ2n) is 6.68. The van der Waals surface area contributed by atoms with E-state index in [0.717, 1.165) is 5.57 Å². The van der Waals surface area contributed by atoms with Gasteiger partial charge in [-0.25, -0.2) is 4.79 Å². The van der Waals surface area contributed by atoms with Gasteiger partial charge < -0.3 is 19.5 Å². The quantitative estimate of drug-likeness (QED) is 0.505. The Kier molecular flexibility index (Phi) is 6.68. The van der Waals surface area contributed by atoms with Crippen LogP contribution < -0.4 is 14.8 Å². The highest BCUT2D eigenvalue weighted by atomic mass is 32.2. The van der Waals surface area contributed by atoms with Gasteiger partial charge in [0.25, 0.3) is 11.8 Å². The summed E-state index contributed by atoms with van der Waals surface area (Å²) in [6, 6.07) is 6.16. The van der Waals surface area contributed by atoms with E-state index in [1.807, 2.05) is 13.8 Å². The third-order valence-electron chi connectivity index (χ3n) is 4.54. The summed E-state index contributed by atoms with van der Waals surface area (Å²) in [5, 5.41) is 2.38. The zero-order valence-corrected chi connectivity index (χ0v) is 17.4. The summed E-state index contributed by atoms with van der Waals surface area (Å²) < 4.78 is 15.7. The molecule has 0 radical (unpaired) electrons. The predicted octanol–water partition coefficient (Wildman–Crippen LogP) is 1.70. The number of methoxy groups -OCH3 is 1. The molecule has 2 aliphatic rings. The fourth-order valence-electron chi connectivity index (χ4n) is 3.06. The molecule has 156 valence electrons. The number of β-lactam (4-membered cyclic amide) rings is 1. The average molecular weight is 420 g/mol. The molecule has 1 saturated heterocycles. The van der Waals surface area contributed by atoms with Crippen molar-refractivity contribution in [3.63, 3.8) is 0 Å². The number of benzene rings is 1. The molecule has 0 spiro atoms. The zero-order chi connectivity index (χ0) is 21.0. The summed E-state index contributed by atoms with van der Waals surface area (Å²) in [5.74, 6) is 0.598. The van der Waals surface area contributed by atoms with E-state index in [4.69, 9.17) is 14.2 Å². The molecule has 2 amide bonds. The molecule has 1 fully saturated rings. The van der Waals surface area contributed by atoms with Crippen LogP contribution in [0.3, 0.4) is 0 Å². The lowest BCUT2D eigenvalue weighted by molar-refractivity contribution is -0.153. The summed E-state index contributed by atoms with van der Waals surface area (Å²) in [5.41, 5.74) is 1.10. The molecule has 8 nitrogen and oxygen atoms in total. The van der Waals surface area contributed by atoms with Crippen LogP contribution in [0.4, 0.5) is 0 Å². The van der Waals surface area contributed by atoms with E-state index in [9.17, 15) is 14.4 Å². The lowest BCUT2D eigenvalue weighted by Gasteiger charge is -2.49. The second-order valence-corrected chi connectivity index (χ2v) is 7.79. The number of ether oxygens (including phenoxy) is 3. The van der Waals surface area contributed by atoms with Crippen LogP contribution >= 0.6 is 11.8 Å². The van der Waals surface area contributed by atoms with Crippen molar-refractivity contribution < 1.29 is 28.6 Å². The summed E-state index contributed by atoms with van der Waals surface area (Å²) in [4.78, 5) is 38.6. The van der Waals surface area contributed by atoms with Gasteiger partial charge in [0.05, 0.1) is 13.7 Å². The maximum Gasteiger partial charge on any atom is 0.355 e. The number of hydrogen-bond acceptors (Lipinski definition) is 7. The SMILES string of the molecule is CCCOC(=O)C1=C(C)CS[C@@H]2[C@H](NC(=O)COc3ccc(OC)cc3)C(=O)N12. The molecule has 3 rings (SSSR count). The molecule has 1 N–H and O–H groups in total. The Balaban J connectivity index is 1.56. The van der Waals surface area contributed by atoms with Crippen molar-refractivity contribution in [1.82, 2.24) is 10.2 Å². The second kappa shape index (κ2) is 9.21. The molecule has 0 aliphatic carbocycles. The number of carbonyl (C=O) groups is 3. The first-order valence-electron chi connectivity index (χ1n) is 9.34. The highest BCUT2D eigenvalue weighted by molar-refractivity contribution is 8.00. The Morgan fingerprint density at radius 2 is 1.93 bits per heavy atom. The third kappa shape index (κ3) is 4.50. The van der Waals surface area contributed by atoms with Gasteiger partial charge in [-0.15, -0.1) is 11.8 Å². The van der Waals surface area contributed by atoms with Gasteiger partial charge in [0, 0.05) is 5.75 Å². The number of nitrogens with zero attached hydrogens (tertiary/aromatic N) is 1. The third-order valence-corrected chi connectivity index (χ3v) is 5.96. The molecule has 2 heterocycles. The Hall–Kier alpha value is -2.68. The predicted molar refractivity (Wildman–Crippen MR) is 107 cm³/mol. The molecular weight excluding hydrogens is 396 g/mol. The molecule has 1 aromatic carbocycles. The first kappa shape index (κ1) is 21.0. The van der Waals surface area contributed by atoms with E-state index in [0.29, 0.717) is 36.0 Å². The molecule has 0 aromatic heterocycles. The van der Waals surface area contributed by atoms with Gasteiger partial charge in [-0.05, 0) is 43.2 Å². The fourth-order valence-corrected chi connectivity index (χ4v) is 4.35. The van der Waals surface area contributed by atoms with E-state index in [1.165, 1.54) is 16.7 Å². The number of rotatable bonds is 8. The van der Waals surface area contributed by atoms with Crippen molar-refractivity contribution in [2.45, 2.75) is 31.7 Å². The minimum atomic E-state index is -0.686. The number of carbonyl (C=O) groups excluding carboxylic acids is 3. The minimum absolute atomic E-state index is 0.215. The number of esters is 1. The van der Waals surface area contributed by atoms with Crippen LogP contribution in [0.25, 0.3) is 0 Å². The highest BCUT2D eigenvalue weighted by Gasteiger charge is 2.53. The monoisotopic (exact) mass is 420 g/mol. The lowest BCUT2D eigenvalue weighted by atomic mass is 10.0.